The van der Waals surface area contributed by atoms with E-state index < -0.39 is 16.1 Å². The van der Waals surface area contributed by atoms with Crippen LogP contribution < -0.4 is 15.4 Å². The van der Waals surface area contributed by atoms with E-state index in [2.05, 4.69) is 31.3 Å². The first-order valence-electron chi connectivity index (χ1n) is 6.89. The number of fused-ring (bicyclic) bond motifs is 1. The number of nitrogens with one attached hydrogen (secondary N) is 3. The average Bonchev–Trinajstić information content (AvgIpc) is 2.49. The summed E-state index contributed by atoms with van der Waals surface area (Å²) in [4.78, 5) is 12.2. The van der Waals surface area contributed by atoms with Gasteiger partial charge in [-0.3, -0.25) is 4.72 Å². The molecule has 0 aliphatic carbocycles. The van der Waals surface area contributed by atoms with Gasteiger partial charge in [-0.15, -0.1) is 0 Å². The van der Waals surface area contributed by atoms with Gasteiger partial charge in [0, 0.05) is 4.47 Å². The lowest BCUT2D eigenvalue weighted by Gasteiger charge is -2.21. The van der Waals surface area contributed by atoms with Crippen molar-refractivity contribution in [2.75, 3.05) is 21.1 Å². The molecule has 3 rings (SSSR count). The lowest BCUT2D eigenvalue weighted by Crippen LogP contribution is -2.26. The van der Waals surface area contributed by atoms with E-state index >= 15 is 0 Å². The molecule has 0 saturated carbocycles. The van der Waals surface area contributed by atoms with Crippen molar-refractivity contribution in [3.8, 4) is 0 Å². The number of anilines is 3. The molecule has 0 radical (unpaired) electrons. The van der Waals surface area contributed by atoms with E-state index in [1.165, 1.54) is 0 Å². The summed E-state index contributed by atoms with van der Waals surface area (Å²) in [5.41, 5.74) is 2.34. The number of amides is 2. The minimum absolute atomic E-state index is 0.0482. The molecule has 23 heavy (non-hydrogen) atoms. The molecular formula is C15H14BrN3O3S. The molecule has 2 aromatic carbocycles. The van der Waals surface area contributed by atoms with Crippen molar-refractivity contribution >= 4 is 49.0 Å². The van der Waals surface area contributed by atoms with Crippen LogP contribution in [0.3, 0.4) is 0 Å². The Labute approximate surface area is 142 Å². The second-order valence-electron chi connectivity index (χ2n) is 5.07. The minimum atomic E-state index is -3.35. The van der Waals surface area contributed by atoms with Crippen LogP contribution in [0.2, 0.25) is 0 Å². The van der Waals surface area contributed by atoms with E-state index in [9.17, 15) is 13.2 Å². The van der Waals surface area contributed by atoms with Crippen molar-refractivity contribution in [3.63, 3.8) is 0 Å². The quantitative estimate of drug-likeness (QED) is 0.727. The van der Waals surface area contributed by atoms with Crippen LogP contribution in [0.5, 0.6) is 0 Å². The maximum Gasteiger partial charge on any atom is 0.323 e. The predicted molar refractivity (Wildman–Crippen MR) is 94.3 cm³/mol. The Morgan fingerprint density at radius 3 is 2.52 bits per heavy atom. The van der Waals surface area contributed by atoms with Gasteiger partial charge >= 0.3 is 6.03 Å². The Balaban J connectivity index is 1.81. The molecular weight excluding hydrogens is 382 g/mol. The van der Waals surface area contributed by atoms with Gasteiger partial charge in [-0.25, -0.2) is 13.2 Å². The maximum atomic E-state index is 12.2. The topological polar surface area (TPSA) is 87.3 Å². The molecule has 120 valence electrons. The Kier molecular flexibility index (Phi) is 4.27. The molecule has 2 amide bonds. The highest BCUT2D eigenvalue weighted by Crippen LogP contribution is 2.31. The van der Waals surface area contributed by atoms with E-state index in [4.69, 9.17) is 0 Å². The zero-order valence-electron chi connectivity index (χ0n) is 12.0. The molecule has 1 heterocycles. The molecule has 2 aromatic rings. The largest absolute Gasteiger partial charge is 0.323 e. The van der Waals surface area contributed by atoms with Crippen molar-refractivity contribution in [2.24, 2.45) is 0 Å². The highest BCUT2D eigenvalue weighted by molar-refractivity contribution is 9.10. The Bertz CT molecular complexity index is 868. The molecule has 8 heteroatoms. The van der Waals surface area contributed by atoms with Crippen molar-refractivity contribution in [2.45, 2.75) is 6.42 Å². The summed E-state index contributed by atoms with van der Waals surface area (Å²) in [7, 11) is -3.35. The number of benzene rings is 2. The Morgan fingerprint density at radius 2 is 1.74 bits per heavy atom. The molecule has 6 nitrogen and oxygen atoms in total. The number of hydrogen-bond acceptors (Lipinski definition) is 3. The summed E-state index contributed by atoms with van der Waals surface area (Å²) in [5, 5.41) is 5.40. The zero-order chi connectivity index (χ0) is 16.4. The molecule has 1 aliphatic heterocycles. The summed E-state index contributed by atoms with van der Waals surface area (Å²) < 4.78 is 26.7. The van der Waals surface area contributed by atoms with Gasteiger partial charge in [-0.1, -0.05) is 24.3 Å². The summed E-state index contributed by atoms with van der Waals surface area (Å²) in [5.74, 6) is 0.0482. The fourth-order valence-electron chi connectivity index (χ4n) is 2.32. The van der Waals surface area contributed by atoms with E-state index in [0.29, 0.717) is 23.5 Å². The van der Waals surface area contributed by atoms with Crippen molar-refractivity contribution in [3.05, 3.63) is 52.5 Å². The SMILES string of the molecule is O=C(Nc1ccccc1Br)Nc1cccc2c1NS(=O)(=O)CC2. The third-order valence-corrected chi connectivity index (χ3v) is 5.37. The molecule has 0 aromatic heterocycles. The number of carbonyl (C=O) groups excluding carboxylic acids is 1. The van der Waals surface area contributed by atoms with E-state index in [-0.39, 0.29) is 5.75 Å². The second kappa shape index (κ2) is 6.21. The lowest BCUT2D eigenvalue weighted by atomic mass is 10.1. The summed E-state index contributed by atoms with van der Waals surface area (Å²) in [6.45, 7) is 0. The van der Waals surface area contributed by atoms with Gasteiger partial charge in [0.25, 0.3) is 0 Å². The van der Waals surface area contributed by atoms with Crippen LogP contribution in [-0.4, -0.2) is 20.2 Å². The van der Waals surface area contributed by atoms with Crippen LogP contribution in [0.1, 0.15) is 5.56 Å². The molecule has 0 unspecified atom stereocenters. The first-order valence-corrected chi connectivity index (χ1v) is 9.34. The van der Waals surface area contributed by atoms with Gasteiger partial charge in [0.05, 0.1) is 22.8 Å². The molecule has 3 N–H and O–H groups in total. The number of aryl methyl sites for hydroxylation is 1. The maximum absolute atomic E-state index is 12.2. The van der Waals surface area contributed by atoms with Crippen LogP contribution >= 0.6 is 15.9 Å². The number of para-hydroxylation sites is 2. The fourth-order valence-corrected chi connectivity index (χ4v) is 3.85. The van der Waals surface area contributed by atoms with Gasteiger partial charge < -0.3 is 10.6 Å². The highest BCUT2D eigenvalue weighted by Gasteiger charge is 2.23. The Hall–Kier alpha value is -2.06. The van der Waals surface area contributed by atoms with Crippen molar-refractivity contribution in [1.29, 1.82) is 0 Å². The van der Waals surface area contributed by atoms with Crippen LogP contribution in [0.15, 0.2) is 46.9 Å². The van der Waals surface area contributed by atoms with E-state index in [1.807, 2.05) is 18.2 Å². The number of rotatable bonds is 2. The van der Waals surface area contributed by atoms with Gasteiger partial charge in [0.2, 0.25) is 10.0 Å². The highest BCUT2D eigenvalue weighted by atomic mass is 79.9. The summed E-state index contributed by atoms with van der Waals surface area (Å²) >= 11 is 3.35. The van der Waals surface area contributed by atoms with E-state index in [1.54, 1.807) is 24.3 Å². The van der Waals surface area contributed by atoms with Crippen molar-refractivity contribution in [1.82, 2.24) is 0 Å². The average molecular weight is 396 g/mol. The number of urea groups is 1. The molecule has 1 aliphatic rings. The monoisotopic (exact) mass is 395 g/mol. The summed E-state index contributed by atoms with van der Waals surface area (Å²) in [6, 6.07) is 12.1. The van der Waals surface area contributed by atoms with Gasteiger partial charge in [0.1, 0.15) is 0 Å². The van der Waals surface area contributed by atoms with Crippen LogP contribution in [0.25, 0.3) is 0 Å². The molecule has 0 atom stereocenters. The summed E-state index contributed by atoms with van der Waals surface area (Å²) in [6.07, 6.45) is 0.423. The number of hydrogen-bond donors (Lipinski definition) is 3. The Morgan fingerprint density at radius 1 is 1.04 bits per heavy atom. The molecule has 0 saturated heterocycles. The smallest absolute Gasteiger partial charge is 0.307 e. The van der Waals surface area contributed by atoms with Crippen LogP contribution in [0, 0.1) is 0 Å². The lowest BCUT2D eigenvalue weighted by molar-refractivity contribution is 0.262. The zero-order valence-corrected chi connectivity index (χ0v) is 14.4. The number of halogens is 1. The van der Waals surface area contributed by atoms with Crippen molar-refractivity contribution < 1.29 is 13.2 Å². The number of sulfonamides is 1. The fraction of sp³-hybridized carbons (Fsp3) is 0.133. The predicted octanol–water partition coefficient (Wildman–Crippen LogP) is 3.39. The first kappa shape index (κ1) is 15.8. The van der Waals surface area contributed by atoms with Gasteiger partial charge in [-0.2, -0.15) is 0 Å². The normalized spacial score (nSPS) is 15.2. The van der Waals surface area contributed by atoms with Gasteiger partial charge in [0.15, 0.2) is 0 Å². The third-order valence-electron chi connectivity index (χ3n) is 3.42. The third kappa shape index (κ3) is 3.65. The molecule has 0 fully saturated rings. The van der Waals surface area contributed by atoms with E-state index in [0.717, 1.165) is 10.0 Å². The van der Waals surface area contributed by atoms with Crippen LogP contribution in [0.4, 0.5) is 21.9 Å². The second-order valence-corrected chi connectivity index (χ2v) is 7.77. The first-order chi connectivity index (χ1) is 10.9. The number of carbonyl (C=O) groups is 1. The molecule has 0 bridgehead atoms. The molecule has 0 spiro atoms. The minimum Gasteiger partial charge on any atom is -0.307 e. The van der Waals surface area contributed by atoms with Gasteiger partial charge in [-0.05, 0) is 46.1 Å². The van der Waals surface area contributed by atoms with Crippen LogP contribution in [-0.2, 0) is 16.4 Å². The standard InChI is InChI=1S/C15H14BrN3O3S/c16-11-5-1-2-6-12(11)17-15(20)18-13-7-3-4-10-8-9-23(21,22)19-14(10)13/h1-7,19H,8-9H2,(H2,17,18,20).